The summed E-state index contributed by atoms with van der Waals surface area (Å²) in [4.78, 5) is 2.62. The average molecular weight is 700 g/mol. The molecule has 1 aliphatic carbocycles. The van der Waals surface area contributed by atoms with Gasteiger partial charge in [-0.2, -0.15) is 0 Å². The van der Waals surface area contributed by atoms with Gasteiger partial charge in [0, 0.05) is 23.3 Å². The first kappa shape index (κ1) is 35.1. The van der Waals surface area contributed by atoms with Gasteiger partial charge in [0.15, 0.2) is 0 Å². The number of hydrogen-bond acceptors (Lipinski definition) is 1. The maximum absolute atomic E-state index is 2.62. The third-order valence-electron chi connectivity index (χ3n) is 11.2. The van der Waals surface area contributed by atoms with E-state index in [1.165, 1.54) is 103 Å². The van der Waals surface area contributed by atoms with E-state index >= 15 is 0 Å². The molecule has 8 rings (SSSR count). The standard InChI is InChI=1S/C53H49N/c1-37-14-25-43(26-15-37)48(44-27-16-38(2)17-28-44)10-5-8-41-22-33-47(34-23-41)54-52-13-7-12-50(52)51-36-42(24-35-53(51)54)9-6-11-49(45-29-18-39(3)19-30-45)46-31-20-40(4)21-32-46/h5-6,8-11,14-36,50,52H,7,12-13H2,1-4H3. The van der Waals surface area contributed by atoms with E-state index in [1.54, 1.807) is 0 Å². The van der Waals surface area contributed by atoms with Gasteiger partial charge in [0.25, 0.3) is 0 Å². The molecule has 1 heterocycles. The van der Waals surface area contributed by atoms with Crippen molar-refractivity contribution in [2.75, 3.05) is 4.90 Å². The smallest absolute Gasteiger partial charge is 0.0450 e. The molecule has 6 aromatic rings. The van der Waals surface area contributed by atoms with Crippen molar-refractivity contribution in [2.45, 2.75) is 58.9 Å². The van der Waals surface area contributed by atoms with Crippen molar-refractivity contribution >= 4 is 34.7 Å². The topological polar surface area (TPSA) is 3.24 Å². The number of hydrogen-bond donors (Lipinski definition) is 0. The largest absolute Gasteiger partial charge is 0.338 e. The highest BCUT2D eigenvalue weighted by molar-refractivity contribution is 5.83. The molecule has 0 saturated heterocycles. The van der Waals surface area contributed by atoms with Crippen LogP contribution in [0.5, 0.6) is 0 Å². The van der Waals surface area contributed by atoms with Crippen molar-refractivity contribution in [3.05, 3.63) is 225 Å². The summed E-state index contributed by atoms with van der Waals surface area (Å²) in [6, 6.07) is 52.1. The number of aryl methyl sites for hydroxylation is 4. The van der Waals surface area contributed by atoms with Crippen molar-refractivity contribution in [3.8, 4) is 0 Å². The molecule has 1 aliphatic heterocycles. The van der Waals surface area contributed by atoms with Gasteiger partial charge in [-0.15, -0.1) is 0 Å². The summed E-state index contributed by atoms with van der Waals surface area (Å²) in [5, 5.41) is 0. The van der Waals surface area contributed by atoms with Crippen molar-refractivity contribution in [1.82, 2.24) is 0 Å². The lowest BCUT2D eigenvalue weighted by molar-refractivity contribution is 0.642. The van der Waals surface area contributed by atoms with Gasteiger partial charge < -0.3 is 4.90 Å². The summed E-state index contributed by atoms with van der Waals surface area (Å²) < 4.78 is 0. The molecule has 0 bridgehead atoms. The van der Waals surface area contributed by atoms with Gasteiger partial charge >= 0.3 is 0 Å². The van der Waals surface area contributed by atoms with E-state index in [0.29, 0.717) is 12.0 Å². The third-order valence-corrected chi connectivity index (χ3v) is 11.2. The molecule has 266 valence electrons. The van der Waals surface area contributed by atoms with Crippen LogP contribution < -0.4 is 4.90 Å². The Labute approximate surface area is 322 Å². The average Bonchev–Trinajstić information content (AvgIpc) is 3.79. The zero-order chi connectivity index (χ0) is 37.0. The number of fused-ring (bicyclic) bond motifs is 3. The first-order chi connectivity index (χ1) is 26.4. The van der Waals surface area contributed by atoms with Crippen LogP contribution in [-0.4, -0.2) is 6.04 Å². The SMILES string of the molecule is Cc1ccc(C(=CC=Cc2ccc(N3c4ccc(C=CC=C(c5ccc(C)cc5)c5ccc(C)cc5)cc4C4CCCC43)cc2)c2ccc(C)cc2)cc1. The minimum absolute atomic E-state index is 0.518. The summed E-state index contributed by atoms with van der Waals surface area (Å²) in [7, 11) is 0. The molecular weight excluding hydrogens is 651 g/mol. The van der Waals surface area contributed by atoms with Crippen LogP contribution in [0.25, 0.3) is 23.3 Å². The quantitative estimate of drug-likeness (QED) is 0.136. The Morgan fingerprint density at radius 2 is 0.907 bits per heavy atom. The molecule has 0 aromatic heterocycles. The Balaban J connectivity index is 1.03. The minimum Gasteiger partial charge on any atom is -0.338 e. The van der Waals surface area contributed by atoms with Crippen LogP contribution in [0.15, 0.2) is 164 Å². The first-order valence-electron chi connectivity index (χ1n) is 19.5. The Bertz CT molecular complexity index is 2250. The normalized spacial score (nSPS) is 16.1. The number of allylic oxidation sites excluding steroid dienone is 4. The van der Waals surface area contributed by atoms with Gasteiger partial charge in [-0.25, -0.2) is 0 Å². The lowest BCUT2D eigenvalue weighted by Crippen LogP contribution is -2.26. The molecule has 0 radical (unpaired) electrons. The number of anilines is 2. The van der Waals surface area contributed by atoms with Crippen LogP contribution in [0, 0.1) is 27.7 Å². The van der Waals surface area contributed by atoms with E-state index < -0.39 is 0 Å². The van der Waals surface area contributed by atoms with E-state index in [2.05, 4.69) is 209 Å². The number of rotatable bonds is 9. The lowest BCUT2D eigenvalue weighted by atomic mass is 9.95. The van der Waals surface area contributed by atoms with Crippen molar-refractivity contribution in [3.63, 3.8) is 0 Å². The van der Waals surface area contributed by atoms with Gasteiger partial charge in [0.05, 0.1) is 0 Å². The van der Waals surface area contributed by atoms with Gasteiger partial charge in [-0.3, -0.25) is 0 Å². The van der Waals surface area contributed by atoms with E-state index in [9.17, 15) is 0 Å². The van der Waals surface area contributed by atoms with Crippen LogP contribution in [0.4, 0.5) is 11.4 Å². The van der Waals surface area contributed by atoms with Crippen LogP contribution >= 0.6 is 0 Å². The molecule has 1 heteroatoms. The van der Waals surface area contributed by atoms with Gasteiger partial charge in [0.2, 0.25) is 0 Å². The predicted octanol–water partition coefficient (Wildman–Crippen LogP) is 14.0. The Hall–Kier alpha value is -5.92. The van der Waals surface area contributed by atoms with E-state index in [0.717, 1.165) is 0 Å². The van der Waals surface area contributed by atoms with E-state index in [4.69, 9.17) is 0 Å². The van der Waals surface area contributed by atoms with Crippen molar-refractivity contribution in [2.24, 2.45) is 0 Å². The molecule has 1 nitrogen and oxygen atoms in total. The highest BCUT2D eigenvalue weighted by Crippen LogP contribution is 2.52. The lowest BCUT2D eigenvalue weighted by Gasteiger charge is -2.27. The maximum atomic E-state index is 2.62. The van der Waals surface area contributed by atoms with Crippen LogP contribution in [0.2, 0.25) is 0 Å². The summed E-state index contributed by atoms with van der Waals surface area (Å²) in [5.74, 6) is 0.575. The summed E-state index contributed by atoms with van der Waals surface area (Å²) in [6.45, 7) is 8.57. The van der Waals surface area contributed by atoms with Gasteiger partial charge in [-0.1, -0.05) is 180 Å². The Morgan fingerprint density at radius 1 is 0.481 bits per heavy atom. The monoisotopic (exact) mass is 699 g/mol. The molecule has 2 atom stereocenters. The zero-order valence-corrected chi connectivity index (χ0v) is 32.0. The molecular formula is C53H49N. The van der Waals surface area contributed by atoms with Crippen LogP contribution in [-0.2, 0) is 0 Å². The fourth-order valence-electron chi connectivity index (χ4n) is 8.22. The molecule has 1 saturated carbocycles. The molecule has 0 N–H and O–H groups in total. The van der Waals surface area contributed by atoms with E-state index in [1.807, 2.05) is 0 Å². The molecule has 54 heavy (non-hydrogen) atoms. The Morgan fingerprint density at radius 3 is 1.37 bits per heavy atom. The molecule has 1 fully saturated rings. The molecule has 2 aliphatic rings. The maximum Gasteiger partial charge on any atom is 0.0450 e. The van der Waals surface area contributed by atoms with Gasteiger partial charge in [-0.05, 0) is 115 Å². The highest BCUT2D eigenvalue weighted by Gasteiger charge is 2.42. The third kappa shape index (κ3) is 7.59. The molecule has 2 unspecified atom stereocenters. The van der Waals surface area contributed by atoms with Crippen LogP contribution in [0.1, 0.15) is 86.4 Å². The first-order valence-corrected chi connectivity index (χ1v) is 19.5. The summed E-state index contributed by atoms with van der Waals surface area (Å²) in [6.07, 6.45) is 17.2. The van der Waals surface area contributed by atoms with Crippen molar-refractivity contribution < 1.29 is 0 Å². The minimum atomic E-state index is 0.518. The number of nitrogens with zero attached hydrogens (tertiary/aromatic N) is 1. The van der Waals surface area contributed by atoms with Crippen molar-refractivity contribution in [1.29, 1.82) is 0 Å². The second-order valence-electron chi connectivity index (χ2n) is 15.2. The number of benzene rings is 6. The summed E-state index contributed by atoms with van der Waals surface area (Å²) >= 11 is 0. The van der Waals surface area contributed by atoms with E-state index in [-0.39, 0.29) is 0 Å². The molecule has 6 aromatic carbocycles. The van der Waals surface area contributed by atoms with Gasteiger partial charge in [0.1, 0.15) is 0 Å². The predicted molar refractivity (Wildman–Crippen MR) is 232 cm³/mol. The highest BCUT2D eigenvalue weighted by atomic mass is 15.2. The molecule has 0 spiro atoms. The fourth-order valence-corrected chi connectivity index (χ4v) is 8.22. The summed E-state index contributed by atoms with van der Waals surface area (Å²) in [5.41, 5.74) is 19.1. The Kier molecular flexibility index (Phi) is 10.1. The zero-order valence-electron chi connectivity index (χ0n) is 32.0. The molecule has 0 amide bonds. The second-order valence-corrected chi connectivity index (χ2v) is 15.2. The van der Waals surface area contributed by atoms with Crippen LogP contribution in [0.3, 0.4) is 0 Å². The fraction of sp³-hybridized carbons (Fsp3) is 0.170. The second kappa shape index (κ2) is 15.6.